The topological polar surface area (TPSA) is 88.1 Å². The summed E-state index contributed by atoms with van der Waals surface area (Å²) in [4.78, 5) is 27.3. The van der Waals surface area contributed by atoms with E-state index in [2.05, 4.69) is 0 Å². The van der Waals surface area contributed by atoms with Crippen molar-refractivity contribution in [1.29, 1.82) is 0 Å². The van der Waals surface area contributed by atoms with Gasteiger partial charge in [-0.05, 0) is 41.8 Å². The molecule has 0 aromatic heterocycles. The van der Waals surface area contributed by atoms with Gasteiger partial charge in [0.1, 0.15) is 18.1 Å². The van der Waals surface area contributed by atoms with E-state index in [-0.39, 0.29) is 17.4 Å². The normalized spacial score (nSPS) is 13.8. The van der Waals surface area contributed by atoms with Gasteiger partial charge in [-0.1, -0.05) is 48.5 Å². The number of hydroxylamine groups is 1. The first kappa shape index (κ1) is 22.4. The summed E-state index contributed by atoms with van der Waals surface area (Å²) in [5.74, 6) is 0.378. The van der Waals surface area contributed by atoms with Gasteiger partial charge >= 0.3 is 0 Å². The van der Waals surface area contributed by atoms with E-state index in [0.29, 0.717) is 31.9 Å². The smallest absolute Gasteiger partial charge is 0.274 e. The van der Waals surface area contributed by atoms with E-state index in [1.165, 1.54) is 0 Å². The number of methoxy groups -OCH3 is 1. The van der Waals surface area contributed by atoms with Crippen LogP contribution in [0.25, 0.3) is 0 Å². The summed E-state index contributed by atoms with van der Waals surface area (Å²) in [5, 5.41) is 8.88. The molecule has 170 valence electrons. The fourth-order valence-corrected chi connectivity index (χ4v) is 4.01. The number of carbonyl (C=O) groups is 2. The van der Waals surface area contributed by atoms with E-state index in [1.807, 2.05) is 54.6 Å². The van der Waals surface area contributed by atoms with E-state index in [9.17, 15) is 9.59 Å². The Labute approximate surface area is 192 Å². The number of nitrogens with zero attached hydrogens (tertiary/aromatic N) is 1. The fourth-order valence-electron chi connectivity index (χ4n) is 4.01. The maximum atomic E-state index is 13.8. The SMILES string of the molecule is COc1ccc(CC(C(=O)N2CCOc3cc(C(=O)NO)ccc3C2)c2ccccc2)cc1. The van der Waals surface area contributed by atoms with Gasteiger partial charge in [0, 0.05) is 17.7 Å². The Morgan fingerprint density at radius 2 is 1.85 bits per heavy atom. The minimum absolute atomic E-state index is 0.0191. The minimum atomic E-state index is -0.609. The van der Waals surface area contributed by atoms with Crippen molar-refractivity contribution in [2.24, 2.45) is 0 Å². The lowest BCUT2D eigenvalue weighted by molar-refractivity contribution is -0.133. The number of amides is 2. The average molecular weight is 447 g/mol. The summed E-state index contributed by atoms with van der Waals surface area (Å²) < 4.78 is 11.1. The van der Waals surface area contributed by atoms with Gasteiger partial charge in [-0.2, -0.15) is 0 Å². The average Bonchev–Trinajstić information content (AvgIpc) is 3.09. The molecule has 0 aliphatic carbocycles. The monoisotopic (exact) mass is 446 g/mol. The number of benzene rings is 3. The van der Waals surface area contributed by atoms with Crippen molar-refractivity contribution in [3.63, 3.8) is 0 Å². The molecule has 0 fully saturated rings. The second-order valence-corrected chi connectivity index (χ2v) is 7.89. The molecule has 0 radical (unpaired) electrons. The van der Waals surface area contributed by atoms with Crippen LogP contribution in [0.3, 0.4) is 0 Å². The van der Waals surface area contributed by atoms with Gasteiger partial charge in [0.2, 0.25) is 5.91 Å². The van der Waals surface area contributed by atoms with Crippen molar-refractivity contribution in [2.45, 2.75) is 18.9 Å². The van der Waals surface area contributed by atoms with Crippen molar-refractivity contribution in [3.8, 4) is 11.5 Å². The summed E-state index contributed by atoms with van der Waals surface area (Å²) in [5.41, 5.74) is 4.73. The van der Waals surface area contributed by atoms with Crippen molar-refractivity contribution < 1.29 is 24.3 Å². The van der Waals surface area contributed by atoms with Crippen molar-refractivity contribution in [3.05, 3.63) is 95.1 Å². The van der Waals surface area contributed by atoms with E-state index in [1.54, 1.807) is 35.7 Å². The van der Waals surface area contributed by atoms with Gasteiger partial charge in [0.25, 0.3) is 5.91 Å². The second-order valence-electron chi connectivity index (χ2n) is 7.89. The van der Waals surface area contributed by atoms with Crippen LogP contribution < -0.4 is 15.0 Å². The molecule has 3 aromatic rings. The number of ether oxygens (including phenoxy) is 2. The maximum Gasteiger partial charge on any atom is 0.274 e. The number of carbonyl (C=O) groups excluding carboxylic acids is 2. The first-order valence-electron chi connectivity index (χ1n) is 10.8. The van der Waals surface area contributed by atoms with E-state index >= 15 is 0 Å². The highest BCUT2D eigenvalue weighted by molar-refractivity contribution is 5.94. The van der Waals surface area contributed by atoms with Crippen molar-refractivity contribution in [1.82, 2.24) is 10.4 Å². The highest BCUT2D eigenvalue weighted by Crippen LogP contribution is 2.29. The third-order valence-electron chi connectivity index (χ3n) is 5.82. The third kappa shape index (κ3) is 5.15. The molecule has 0 spiro atoms. The van der Waals surface area contributed by atoms with Crippen LogP contribution in [0.4, 0.5) is 0 Å². The molecule has 1 unspecified atom stereocenters. The molecule has 1 heterocycles. The van der Waals surface area contributed by atoms with Crippen LogP contribution in [0.1, 0.15) is 33.0 Å². The number of hydrogen-bond donors (Lipinski definition) is 2. The summed E-state index contributed by atoms with van der Waals surface area (Å²) in [6, 6.07) is 22.5. The molecule has 2 N–H and O–H groups in total. The molecule has 7 nitrogen and oxygen atoms in total. The number of nitrogens with one attached hydrogen (secondary N) is 1. The molecule has 3 aromatic carbocycles. The maximum absolute atomic E-state index is 13.8. The Hall–Kier alpha value is -3.84. The quantitative estimate of drug-likeness (QED) is 0.447. The highest BCUT2D eigenvalue weighted by atomic mass is 16.5. The molecule has 0 bridgehead atoms. The summed E-state index contributed by atoms with van der Waals surface area (Å²) in [7, 11) is 1.63. The predicted molar refractivity (Wildman–Crippen MR) is 122 cm³/mol. The van der Waals surface area contributed by atoms with Gasteiger partial charge in [-0.25, -0.2) is 5.48 Å². The largest absolute Gasteiger partial charge is 0.497 e. The molecule has 0 saturated carbocycles. The molecule has 1 atom stereocenters. The number of rotatable bonds is 6. The van der Waals surface area contributed by atoms with Crippen molar-refractivity contribution in [2.75, 3.05) is 20.3 Å². The Balaban J connectivity index is 1.59. The predicted octanol–water partition coefficient (Wildman–Crippen LogP) is 3.56. The zero-order valence-electron chi connectivity index (χ0n) is 18.4. The highest BCUT2D eigenvalue weighted by Gasteiger charge is 2.28. The standard InChI is InChI=1S/C26H26N2O5/c1-32-22-11-7-18(8-12-22)15-23(19-5-3-2-4-6-19)26(30)28-13-14-33-24-16-20(25(29)27-31)9-10-21(24)17-28/h2-12,16,23,31H,13-15,17H2,1H3,(H,27,29). The van der Waals surface area contributed by atoms with Crippen LogP contribution in [0.15, 0.2) is 72.8 Å². The summed E-state index contributed by atoms with van der Waals surface area (Å²) in [6.07, 6.45) is 0.562. The zero-order chi connectivity index (χ0) is 23.2. The zero-order valence-corrected chi connectivity index (χ0v) is 18.4. The van der Waals surface area contributed by atoms with Crippen LogP contribution in [-0.2, 0) is 17.8 Å². The molecular formula is C26H26N2O5. The Bertz CT molecular complexity index is 1120. The lowest BCUT2D eigenvalue weighted by atomic mass is 9.90. The summed E-state index contributed by atoms with van der Waals surface area (Å²) in [6.45, 7) is 1.12. The second kappa shape index (κ2) is 10.2. The van der Waals surface area contributed by atoms with Gasteiger partial charge in [0.05, 0.1) is 19.6 Å². The molecular weight excluding hydrogens is 420 g/mol. The first-order chi connectivity index (χ1) is 16.1. The van der Waals surface area contributed by atoms with Crippen LogP contribution in [-0.4, -0.2) is 42.2 Å². The lowest BCUT2D eigenvalue weighted by Crippen LogP contribution is -2.37. The molecule has 7 heteroatoms. The molecule has 1 aliphatic heterocycles. The van der Waals surface area contributed by atoms with Gasteiger partial charge in [-0.3, -0.25) is 14.8 Å². The molecule has 1 aliphatic rings. The van der Waals surface area contributed by atoms with Gasteiger partial charge in [0.15, 0.2) is 0 Å². The van der Waals surface area contributed by atoms with Crippen LogP contribution in [0.2, 0.25) is 0 Å². The number of fused-ring (bicyclic) bond motifs is 1. The lowest BCUT2D eigenvalue weighted by Gasteiger charge is -2.26. The van der Waals surface area contributed by atoms with Crippen LogP contribution >= 0.6 is 0 Å². The summed E-state index contributed by atoms with van der Waals surface area (Å²) >= 11 is 0. The van der Waals surface area contributed by atoms with Crippen LogP contribution in [0.5, 0.6) is 11.5 Å². The first-order valence-corrected chi connectivity index (χ1v) is 10.8. The molecule has 2 amide bonds. The van der Waals surface area contributed by atoms with E-state index < -0.39 is 5.91 Å². The Morgan fingerprint density at radius 3 is 2.55 bits per heavy atom. The van der Waals surface area contributed by atoms with Crippen molar-refractivity contribution >= 4 is 11.8 Å². The number of hydrogen-bond acceptors (Lipinski definition) is 5. The van der Waals surface area contributed by atoms with Crippen LogP contribution in [0, 0.1) is 0 Å². The molecule has 33 heavy (non-hydrogen) atoms. The minimum Gasteiger partial charge on any atom is -0.497 e. The van der Waals surface area contributed by atoms with E-state index in [0.717, 1.165) is 22.4 Å². The fraction of sp³-hybridized carbons (Fsp3) is 0.231. The van der Waals surface area contributed by atoms with Gasteiger partial charge in [-0.15, -0.1) is 0 Å². The molecule has 4 rings (SSSR count). The van der Waals surface area contributed by atoms with Gasteiger partial charge < -0.3 is 14.4 Å². The Morgan fingerprint density at radius 1 is 1.09 bits per heavy atom. The van der Waals surface area contributed by atoms with E-state index in [4.69, 9.17) is 14.7 Å². The Kier molecular flexibility index (Phi) is 6.90. The third-order valence-corrected chi connectivity index (χ3v) is 5.82. The molecule has 0 saturated heterocycles.